The average Bonchev–Trinajstić information content (AvgIpc) is 2.44. The summed E-state index contributed by atoms with van der Waals surface area (Å²) in [6, 6.07) is 14.4. The van der Waals surface area contributed by atoms with Crippen molar-refractivity contribution in [3.05, 3.63) is 71.3 Å². The molecule has 0 aromatic heterocycles. The molecule has 2 aromatic rings. The molecule has 102 valence electrons. The average molecular weight is 264 g/mol. The van der Waals surface area contributed by atoms with Gasteiger partial charge in [0.05, 0.1) is 5.69 Å². The van der Waals surface area contributed by atoms with Gasteiger partial charge in [0.2, 0.25) is 0 Å². The van der Waals surface area contributed by atoms with E-state index in [-0.39, 0.29) is 0 Å². The summed E-state index contributed by atoms with van der Waals surface area (Å²) in [4.78, 5) is 4.62. The number of aliphatic imine (C=N–C) groups is 1. The van der Waals surface area contributed by atoms with Crippen molar-refractivity contribution in [3.8, 4) is 0 Å². The third-order valence-electron chi connectivity index (χ3n) is 3.25. The fraction of sp³-hybridized carbons (Fsp3) is 0.167. The summed E-state index contributed by atoms with van der Waals surface area (Å²) >= 11 is 0. The molecule has 1 N–H and O–H groups in total. The number of aryl methyl sites for hydroxylation is 2. The van der Waals surface area contributed by atoms with Crippen molar-refractivity contribution in [2.45, 2.75) is 13.8 Å². The largest absolute Gasteiger partial charge is 0.388 e. The summed E-state index contributed by atoms with van der Waals surface area (Å²) in [6.45, 7) is 8.20. The van der Waals surface area contributed by atoms with Crippen LogP contribution in [0.4, 0.5) is 5.69 Å². The molecular formula is C18H20N2. The lowest BCUT2D eigenvalue weighted by Crippen LogP contribution is -2.04. The first-order valence-corrected chi connectivity index (χ1v) is 6.69. The van der Waals surface area contributed by atoms with Crippen LogP contribution in [0.1, 0.15) is 22.3 Å². The van der Waals surface area contributed by atoms with Gasteiger partial charge in [-0.2, -0.15) is 0 Å². The molecular weight excluding hydrogens is 244 g/mol. The second-order valence-corrected chi connectivity index (χ2v) is 4.87. The minimum absolute atomic E-state index is 0.888. The fourth-order valence-electron chi connectivity index (χ4n) is 2.17. The maximum Gasteiger partial charge on any atom is 0.0725 e. The molecule has 0 saturated heterocycles. The zero-order valence-electron chi connectivity index (χ0n) is 12.3. The van der Waals surface area contributed by atoms with Crippen LogP contribution >= 0.6 is 0 Å². The van der Waals surface area contributed by atoms with Crippen LogP contribution in [0.5, 0.6) is 0 Å². The Kier molecular flexibility index (Phi) is 4.36. The lowest BCUT2D eigenvalue weighted by molar-refractivity contribution is 1.12. The summed E-state index contributed by atoms with van der Waals surface area (Å²) in [6.07, 6.45) is 1.90. The quantitative estimate of drug-likeness (QED) is 0.820. The van der Waals surface area contributed by atoms with E-state index < -0.39 is 0 Å². The Labute approximate surface area is 120 Å². The van der Waals surface area contributed by atoms with Crippen LogP contribution in [0.15, 0.2) is 54.0 Å². The summed E-state index contributed by atoms with van der Waals surface area (Å²) in [5.74, 6) is 0. The summed E-state index contributed by atoms with van der Waals surface area (Å²) < 4.78 is 0. The smallest absolute Gasteiger partial charge is 0.0725 e. The van der Waals surface area contributed by atoms with E-state index in [1.54, 1.807) is 0 Å². The van der Waals surface area contributed by atoms with Crippen molar-refractivity contribution in [3.63, 3.8) is 0 Å². The first-order chi connectivity index (χ1) is 9.61. The van der Waals surface area contributed by atoms with Gasteiger partial charge in [0.15, 0.2) is 0 Å². The maximum absolute atomic E-state index is 4.62. The van der Waals surface area contributed by atoms with E-state index in [0.717, 1.165) is 22.5 Å². The van der Waals surface area contributed by atoms with Gasteiger partial charge >= 0.3 is 0 Å². The van der Waals surface area contributed by atoms with Gasteiger partial charge < -0.3 is 5.32 Å². The third-order valence-corrected chi connectivity index (χ3v) is 3.25. The third kappa shape index (κ3) is 3.15. The highest BCUT2D eigenvalue weighted by atomic mass is 14.8. The van der Waals surface area contributed by atoms with Crippen molar-refractivity contribution in [2.24, 2.45) is 4.99 Å². The summed E-state index contributed by atoms with van der Waals surface area (Å²) in [7, 11) is 1.88. The van der Waals surface area contributed by atoms with Crippen molar-refractivity contribution >= 4 is 17.6 Å². The molecule has 0 amide bonds. The molecule has 0 aliphatic rings. The molecule has 0 spiro atoms. The predicted molar refractivity (Wildman–Crippen MR) is 87.7 cm³/mol. The van der Waals surface area contributed by atoms with E-state index in [0.29, 0.717) is 0 Å². The number of hydrogen-bond donors (Lipinski definition) is 1. The normalized spacial score (nSPS) is 10.8. The molecule has 2 rings (SSSR count). The van der Waals surface area contributed by atoms with Gasteiger partial charge in [-0.15, -0.1) is 0 Å². The summed E-state index contributed by atoms with van der Waals surface area (Å²) in [5.41, 5.74) is 6.40. The Bertz CT molecular complexity index is 654. The molecule has 2 nitrogen and oxygen atoms in total. The molecule has 0 aliphatic carbocycles. The van der Waals surface area contributed by atoms with Gasteiger partial charge in [-0.3, -0.25) is 4.99 Å². The molecule has 0 unspecified atom stereocenters. The lowest BCUT2D eigenvalue weighted by atomic mass is 10.0. The van der Waals surface area contributed by atoms with Crippen LogP contribution in [0.25, 0.3) is 5.70 Å². The SMILES string of the molecule is C=C(NC)c1c(C)cccc1/N=C/c1cccc(C)c1. The number of rotatable bonds is 4. The topological polar surface area (TPSA) is 24.4 Å². The minimum Gasteiger partial charge on any atom is -0.388 e. The number of nitrogens with one attached hydrogen (secondary N) is 1. The Morgan fingerprint density at radius 3 is 2.60 bits per heavy atom. The Balaban J connectivity index is 2.39. The lowest BCUT2D eigenvalue weighted by Gasteiger charge is -2.11. The Morgan fingerprint density at radius 1 is 1.15 bits per heavy atom. The van der Waals surface area contributed by atoms with Crippen molar-refractivity contribution in [2.75, 3.05) is 7.05 Å². The van der Waals surface area contributed by atoms with Gasteiger partial charge in [0, 0.05) is 24.5 Å². The van der Waals surface area contributed by atoms with Crippen LogP contribution in [-0.4, -0.2) is 13.3 Å². The molecule has 0 atom stereocenters. The number of benzene rings is 2. The van der Waals surface area contributed by atoms with E-state index in [1.165, 1.54) is 11.1 Å². The first-order valence-electron chi connectivity index (χ1n) is 6.69. The van der Waals surface area contributed by atoms with E-state index in [1.807, 2.05) is 31.5 Å². The molecule has 0 fully saturated rings. The van der Waals surface area contributed by atoms with Crippen molar-refractivity contribution in [1.29, 1.82) is 0 Å². The second-order valence-electron chi connectivity index (χ2n) is 4.87. The molecule has 0 radical (unpaired) electrons. The fourth-order valence-corrected chi connectivity index (χ4v) is 2.17. The molecule has 0 bridgehead atoms. The van der Waals surface area contributed by atoms with E-state index in [4.69, 9.17) is 0 Å². The van der Waals surface area contributed by atoms with Gasteiger partial charge in [0.25, 0.3) is 0 Å². The van der Waals surface area contributed by atoms with E-state index in [9.17, 15) is 0 Å². The van der Waals surface area contributed by atoms with Gasteiger partial charge in [-0.05, 0) is 31.0 Å². The van der Waals surface area contributed by atoms with E-state index in [2.05, 4.69) is 55.0 Å². The van der Waals surface area contributed by atoms with Gasteiger partial charge in [0.1, 0.15) is 0 Å². The van der Waals surface area contributed by atoms with Crippen LogP contribution in [0.2, 0.25) is 0 Å². The maximum atomic E-state index is 4.62. The minimum atomic E-state index is 0.888. The van der Waals surface area contributed by atoms with Crippen molar-refractivity contribution in [1.82, 2.24) is 5.32 Å². The van der Waals surface area contributed by atoms with Crippen LogP contribution in [0, 0.1) is 13.8 Å². The highest BCUT2D eigenvalue weighted by Crippen LogP contribution is 2.27. The Morgan fingerprint density at radius 2 is 1.90 bits per heavy atom. The molecule has 2 heteroatoms. The van der Waals surface area contributed by atoms with Crippen LogP contribution in [0.3, 0.4) is 0 Å². The standard InChI is InChI=1S/C18H20N2/c1-13-7-5-9-16(11-13)12-20-17-10-6-8-14(2)18(17)15(3)19-4/h5-12,19H,3H2,1-2,4H3/b20-12+. The first kappa shape index (κ1) is 14.1. The number of nitrogens with zero attached hydrogens (tertiary/aromatic N) is 1. The van der Waals surface area contributed by atoms with Crippen LogP contribution in [-0.2, 0) is 0 Å². The Hall–Kier alpha value is -2.35. The molecule has 20 heavy (non-hydrogen) atoms. The monoisotopic (exact) mass is 264 g/mol. The van der Waals surface area contributed by atoms with Crippen LogP contribution < -0.4 is 5.32 Å². The highest BCUT2D eigenvalue weighted by Gasteiger charge is 2.06. The number of hydrogen-bond acceptors (Lipinski definition) is 2. The van der Waals surface area contributed by atoms with E-state index >= 15 is 0 Å². The van der Waals surface area contributed by atoms with Gasteiger partial charge in [-0.25, -0.2) is 0 Å². The molecule has 0 heterocycles. The van der Waals surface area contributed by atoms with Gasteiger partial charge in [-0.1, -0.05) is 48.5 Å². The second kappa shape index (κ2) is 6.20. The zero-order valence-corrected chi connectivity index (χ0v) is 12.3. The predicted octanol–water partition coefficient (Wildman–Crippen LogP) is 4.24. The summed E-state index contributed by atoms with van der Waals surface area (Å²) in [5, 5.41) is 3.10. The zero-order chi connectivity index (χ0) is 14.5. The van der Waals surface area contributed by atoms with Crippen molar-refractivity contribution < 1.29 is 0 Å². The molecule has 0 saturated carbocycles. The molecule has 2 aromatic carbocycles. The highest BCUT2D eigenvalue weighted by molar-refractivity contribution is 5.85. The molecule has 0 aliphatic heterocycles.